The molecule has 0 fully saturated rings. The Labute approximate surface area is 165 Å². The Balaban J connectivity index is 1.74. The van der Waals surface area contributed by atoms with Crippen molar-refractivity contribution < 1.29 is 23.9 Å². The lowest BCUT2D eigenvalue weighted by molar-refractivity contribution is -0.142. The summed E-state index contributed by atoms with van der Waals surface area (Å²) in [6.07, 6.45) is -0.110. The molecule has 0 aliphatic heterocycles. The van der Waals surface area contributed by atoms with E-state index in [2.05, 4.69) is 5.32 Å². The number of ketones is 2. The first kappa shape index (κ1) is 20.8. The van der Waals surface area contributed by atoms with Crippen molar-refractivity contribution in [3.8, 4) is 0 Å². The highest BCUT2D eigenvalue weighted by Gasteiger charge is 2.14. The molecule has 1 aromatic carbocycles. The van der Waals surface area contributed by atoms with Crippen molar-refractivity contribution in [2.75, 3.05) is 6.61 Å². The monoisotopic (exact) mass is 407 g/mol. The van der Waals surface area contributed by atoms with Crippen LogP contribution in [0.3, 0.4) is 0 Å². The average Bonchev–Trinajstić information content (AvgIpc) is 3.12. The van der Waals surface area contributed by atoms with Gasteiger partial charge in [0.25, 0.3) is 0 Å². The molecule has 0 saturated heterocycles. The van der Waals surface area contributed by atoms with Gasteiger partial charge in [-0.05, 0) is 36.4 Å². The second-order valence-corrected chi connectivity index (χ2v) is 7.29. The molecular formula is C19H18ClNO5S. The van der Waals surface area contributed by atoms with Crippen LogP contribution in [-0.4, -0.2) is 30.0 Å². The van der Waals surface area contributed by atoms with Crippen LogP contribution in [0.2, 0.25) is 5.02 Å². The van der Waals surface area contributed by atoms with Gasteiger partial charge in [-0.15, -0.1) is 11.3 Å². The summed E-state index contributed by atoms with van der Waals surface area (Å²) < 4.78 is 4.95. The van der Waals surface area contributed by atoms with E-state index in [9.17, 15) is 19.2 Å². The van der Waals surface area contributed by atoms with E-state index in [0.29, 0.717) is 22.0 Å². The van der Waals surface area contributed by atoms with Crippen LogP contribution in [0.15, 0.2) is 36.4 Å². The Morgan fingerprint density at radius 3 is 2.37 bits per heavy atom. The smallest absolute Gasteiger partial charge is 0.306 e. The van der Waals surface area contributed by atoms with Crippen LogP contribution in [0.5, 0.6) is 0 Å². The Kier molecular flexibility index (Phi) is 7.69. The molecule has 0 radical (unpaired) electrons. The summed E-state index contributed by atoms with van der Waals surface area (Å²) in [5, 5.41) is 3.17. The van der Waals surface area contributed by atoms with Crippen molar-refractivity contribution in [3.05, 3.63) is 56.7 Å². The van der Waals surface area contributed by atoms with E-state index in [1.807, 2.05) is 0 Å². The number of benzene rings is 1. The van der Waals surface area contributed by atoms with Gasteiger partial charge >= 0.3 is 5.97 Å². The number of ether oxygens (including phenoxy) is 1. The molecule has 1 heterocycles. The van der Waals surface area contributed by atoms with Crippen molar-refractivity contribution in [2.45, 2.75) is 26.3 Å². The third-order valence-corrected chi connectivity index (χ3v) is 4.91. The molecule has 0 unspecified atom stereocenters. The zero-order valence-corrected chi connectivity index (χ0v) is 16.2. The van der Waals surface area contributed by atoms with Crippen LogP contribution in [0.25, 0.3) is 0 Å². The van der Waals surface area contributed by atoms with E-state index in [4.69, 9.17) is 16.3 Å². The third-order valence-electron chi connectivity index (χ3n) is 3.53. The van der Waals surface area contributed by atoms with Crippen molar-refractivity contribution in [1.29, 1.82) is 0 Å². The Hall–Kier alpha value is -2.51. The summed E-state index contributed by atoms with van der Waals surface area (Å²) >= 11 is 6.99. The van der Waals surface area contributed by atoms with Gasteiger partial charge in [-0.1, -0.05) is 11.6 Å². The topological polar surface area (TPSA) is 89.5 Å². The number of hydrogen-bond donors (Lipinski definition) is 1. The van der Waals surface area contributed by atoms with Gasteiger partial charge in [-0.2, -0.15) is 0 Å². The molecule has 1 N–H and O–H groups in total. The van der Waals surface area contributed by atoms with Gasteiger partial charge in [0.05, 0.1) is 17.8 Å². The highest BCUT2D eigenvalue weighted by atomic mass is 35.5. The minimum Gasteiger partial charge on any atom is -0.457 e. The Morgan fingerprint density at radius 2 is 1.70 bits per heavy atom. The molecule has 0 bridgehead atoms. The van der Waals surface area contributed by atoms with Crippen molar-refractivity contribution in [2.24, 2.45) is 0 Å². The number of halogens is 1. The van der Waals surface area contributed by atoms with Crippen LogP contribution >= 0.6 is 22.9 Å². The van der Waals surface area contributed by atoms with Crippen LogP contribution in [-0.2, 0) is 20.9 Å². The zero-order chi connectivity index (χ0) is 19.8. The van der Waals surface area contributed by atoms with Crippen LogP contribution in [0, 0.1) is 0 Å². The SMILES string of the molecule is CC(=O)NCc1ccc(C(=O)COC(=O)CCC(=O)c2ccc(Cl)cc2)s1. The second kappa shape index (κ2) is 9.99. The molecule has 0 aliphatic carbocycles. The molecular weight excluding hydrogens is 390 g/mol. The maximum atomic E-state index is 12.1. The maximum absolute atomic E-state index is 12.1. The first-order valence-corrected chi connectivity index (χ1v) is 9.35. The fourth-order valence-corrected chi connectivity index (χ4v) is 3.12. The molecule has 1 aromatic heterocycles. The standard InChI is InChI=1S/C19H18ClNO5S/c1-12(22)21-10-15-6-8-18(27-15)17(24)11-26-19(25)9-7-16(23)13-2-4-14(20)5-3-13/h2-6,8H,7,9-11H2,1H3,(H,21,22). The maximum Gasteiger partial charge on any atom is 0.306 e. The summed E-state index contributed by atoms with van der Waals surface area (Å²) in [5.41, 5.74) is 0.466. The highest BCUT2D eigenvalue weighted by molar-refractivity contribution is 7.14. The lowest BCUT2D eigenvalue weighted by Crippen LogP contribution is -2.18. The number of Topliss-reactive ketones (excluding diaryl/α,β-unsaturated/α-hetero) is 2. The van der Waals surface area contributed by atoms with Gasteiger partial charge in [-0.25, -0.2) is 0 Å². The minimum absolute atomic E-state index is 0.00543. The van der Waals surface area contributed by atoms with Crippen LogP contribution in [0.4, 0.5) is 0 Å². The zero-order valence-electron chi connectivity index (χ0n) is 14.6. The van der Waals surface area contributed by atoms with Crippen LogP contribution in [0.1, 0.15) is 44.7 Å². The van der Waals surface area contributed by atoms with E-state index in [0.717, 1.165) is 4.88 Å². The van der Waals surface area contributed by atoms with Crippen molar-refractivity contribution in [1.82, 2.24) is 5.32 Å². The Bertz CT molecular complexity index is 844. The molecule has 2 rings (SSSR count). The fraction of sp³-hybridized carbons (Fsp3) is 0.263. The van der Waals surface area contributed by atoms with E-state index in [-0.39, 0.29) is 36.9 Å². The summed E-state index contributed by atoms with van der Waals surface area (Å²) in [6.45, 7) is 1.38. The predicted octanol–water partition coefficient (Wildman–Crippen LogP) is 3.43. The van der Waals surface area contributed by atoms with E-state index >= 15 is 0 Å². The predicted molar refractivity (Wildman–Crippen MR) is 102 cm³/mol. The summed E-state index contributed by atoms with van der Waals surface area (Å²) in [7, 11) is 0. The molecule has 8 heteroatoms. The number of esters is 1. The number of thiophene rings is 1. The normalized spacial score (nSPS) is 10.3. The number of rotatable bonds is 9. The fourth-order valence-electron chi connectivity index (χ4n) is 2.12. The molecule has 142 valence electrons. The second-order valence-electron chi connectivity index (χ2n) is 5.69. The van der Waals surface area contributed by atoms with Crippen molar-refractivity contribution >= 4 is 46.4 Å². The highest BCUT2D eigenvalue weighted by Crippen LogP contribution is 2.17. The molecule has 0 aliphatic rings. The number of carbonyl (C=O) groups is 4. The Morgan fingerprint density at radius 1 is 1.00 bits per heavy atom. The lowest BCUT2D eigenvalue weighted by Gasteiger charge is -2.04. The quantitative estimate of drug-likeness (QED) is 0.508. The molecule has 2 aromatic rings. The van der Waals surface area contributed by atoms with Gasteiger partial charge in [0.1, 0.15) is 0 Å². The van der Waals surface area contributed by atoms with Gasteiger partial charge in [0.2, 0.25) is 11.7 Å². The van der Waals surface area contributed by atoms with E-state index in [1.54, 1.807) is 36.4 Å². The summed E-state index contributed by atoms with van der Waals surface area (Å²) in [5.74, 6) is -1.29. The van der Waals surface area contributed by atoms with E-state index in [1.165, 1.54) is 18.3 Å². The summed E-state index contributed by atoms with van der Waals surface area (Å²) in [4.78, 5) is 48.0. The van der Waals surface area contributed by atoms with Gasteiger partial charge in [0.15, 0.2) is 12.4 Å². The number of nitrogens with one attached hydrogen (secondary N) is 1. The number of hydrogen-bond acceptors (Lipinski definition) is 6. The van der Waals surface area contributed by atoms with Crippen molar-refractivity contribution in [3.63, 3.8) is 0 Å². The third kappa shape index (κ3) is 6.96. The number of carbonyl (C=O) groups excluding carboxylic acids is 4. The van der Waals surface area contributed by atoms with Gasteiger partial charge in [0, 0.05) is 28.8 Å². The van der Waals surface area contributed by atoms with Crippen LogP contribution < -0.4 is 5.32 Å². The lowest BCUT2D eigenvalue weighted by atomic mass is 10.1. The summed E-state index contributed by atoms with van der Waals surface area (Å²) in [6, 6.07) is 9.76. The molecule has 0 saturated carbocycles. The molecule has 0 atom stereocenters. The molecule has 0 spiro atoms. The molecule has 1 amide bonds. The van der Waals surface area contributed by atoms with E-state index < -0.39 is 5.97 Å². The minimum atomic E-state index is -0.610. The number of amides is 1. The molecule has 6 nitrogen and oxygen atoms in total. The largest absolute Gasteiger partial charge is 0.457 e. The first-order chi connectivity index (χ1) is 12.8. The first-order valence-electron chi connectivity index (χ1n) is 8.16. The van der Waals surface area contributed by atoms with Gasteiger partial charge < -0.3 is 10.1 Å². The molecule has 27 heavy (non-hydrogen) atoms. The average molecular weight is 408 g/mol. The van der Waals surface area contributed by atoms with Gasteiger partial charge in [-0.3, -0.25) is 19.2 Å².